The van der Waals surface area contributed by atoms with Gasteiger partial charge in [0, 0.05) is 0 Å². The summed E-state index contributed by atoms with van der Waals surface area (Å²) in [5, 5.41) is 0. The maximum Gasteiger partial charge on any atom is -0.0202 e. The molecule has 0 unspecified atom stereocenters. The van der Waals surface area contributed by atoms with Crippen LogP contribution in [0.15, 0.2) is 12.2 Å². The number of allylic oxidation sites excluding steroid dienone is 2. The van der Waals surface area contributed by atoms with Crippen molar-refractivity contribution in [1.29, 1.82) is 0 Å². The zero-order valence-electron chi connectivity index (χ0n) is 7.00. The third kappa shape index (κ3) is 0.953. The van der Waals surface area contributed by atoms with Crippen LogP contribution < -0.4 is 0 Å². The van der Waals surface area contributed by atoms with Gasteiger partial charge in [-0.05, 0) is 55.8 Å². The van der Waals surface area contributed by atoms with Gasteiger partial charge in [-0.25, -0.2) is 0 Å². The standard InChI is InChI=1S/C11H16/c1-3-9-4-2-8(1)7-11(9)10-5-6-10/h1,3,8-11H,2,4-7H2/t8-,9+,11-/m1/s1. The smallest absolute Gasteiger partial charge is 0.0202 e. The van der Waals surface area contributed by atoms with Gasteiger partial charge in [-0.1, -0.05) is 12.2 Å². The molecule has 0 saturated heterocycles. The summed E-state index contributed by atoms with van der Waals surface area (Å²) in [7, 11) is 0. The Hall–Kier alpha value is -0.260. The van der Waals surface area contributed by atoms with E-state index in [9.17, 15) is 0 Å². The van der Waals surface area contributed by atoms with Crippen molar-refractivity contribution in [2.24, 2.45) is 23.7 Å². The molecule has 0 radical (unpaired) electrons. The first kappa shape index (κ1) is 6.28. The highest BCUT2D eigenvalue weighted by atomic mass is 14.5. The summed E-state index contributed by atoms with van der Waals surface area (Å²) in [5.41, 5.74) is 0. The molecule has 60 valence electrons. The molecule has 0 aromatic rings. The summed E-state index contributed by atoms with van der Waals surface area (Å²) in [5.74, 6) is 4.23. The Morgan fingerprint density at radius 2 is 1.82 bits per heavy atom. The molecule has 0 aromatic carbocycles. The molecule has 4 aliphatic carbocycles. The number of rotatable bonds is 1. The summed E-state index contributed by atoms with van der Waals surface area (Å²) < 4.78 is 0. The Kier molecular flexibility index (Phi) is 1.21. The maximum absolute atomic E-state index is 2.51. The topological polar surface area (TPSA) is 0 Å². The van der Waals surface area contributed by atoms with Gasteiger partial charge in [0.2, 0.25) is 0 Å². The summed E-state index contributed by atoms with van der Waals surface area (Å²) in [4.78, 5) is 0. The second kappa shape index (κ2) is 2.12. The van der Waals surface area contributed by atoms with Crippen LogP contribution in [-0.2, 0) is 0 Å². The normalized spacial score (nSPS) is 48.2. The molecule has 0 N–H and O–H groups in total. The van der Waals surface area contributed by atoms with E-state index >= 15 is 0 Å². The van der Waals surface area contributed by atoms with Gasteiger partial charge in [0.1, 0.15) is 0 Å². The first-order valence-corrected chi connectivity index (χ1v) is 5.12. The molecule has 2 bridgehead atoms. The van der Waals surface area contributed by atoms with E-state index in [1.165, 1.54) is 19.3 Å². The highest BCUT2D eigenvalue weighted by molar-refractivity contribution is 5.08. The van der Waals surface area contributed by atoms with Crippen LogP contribution in [0.2, 0.25) is 0 Å². The van der Waals surface area contributed by atoms with Crippen molar-refractivity contribution < 1.29 is 0 Å². The van der Waals surface area contributed by atoms with Crippen molar-refractivity contribution in [2.75, 3.05) is 0 Å². The monoisotopic (exact) mass is 148 g/mol. The quantitative estimate of drug-likeness (QED) is 0.501. The molecular weight excluding hydrogens is 132 g/mol. The first-order valence-electron chi connectivity index (χ1n) is 5.12. The van der Waals surface area contributed by atoms with Gasteiger partial charge >= 0.3 is 0 Å². The van der Waals surface area contributed by atoms with Crippen LogP contribution in [0.4, 0.5) is 0 Å². The highest BCUT2D eigenvalue weighted by Crippen LogP contribution is 2.51. The third-order valence-electron chi connectivity index (χ3n) is 3.85. The number of hydrogen-bond acceptors (Lipinski definition) is 0. The molecule has 0 nitrogen and oxygen atoms in total. The number of fused-ring (bicyclic) bond motifs is 2. The van der Waals surface area contributed by atoms with Crippen LogP contribution in [0.1, 0.15) is 32.1 Å². The Labute approximate surface area is 68.7 Å². The largest absolute Gasteiger partial charge is 0.0851 e. The van der Waals surface area contributed by atoms with Gasteiger partial charge in [0.05, 0.1) is 0 Å². The Morgan fingerprint density at radius 1 is 0.909 bits per heavy atom. The molecule has 2 fully saturated rings. The van der Waals surface area contributed by atoms with Crippen LogP contribution in [-0.4, -0.2) is 0 Å². The molecule has 0 amide bonds. The number of hydrogen-bond donors (Lipinski definition) is 0. The van der Waals surface area contributed by atoms with Gasteiger partial charge < -0.3 is 0 Å². The first-order chi connectivity index (χ1) is 5.43. The Bertz CT molecular complexity index is 188. The van der Waals surface area contributed by atoms with Crippen molar-refractivity contribution in [3.8, 4) is 0 Å². The lowest BCUT2D eigenvalue weighted by atomic mass is 9.67. The van der Waals surface area contributed by atoms with E-state index in [0.29, 0.717) is 0 Å². The fraction of sp³-hybridized carbons (Fsp3) is 0.818. The van der Waals surface area contributed by atoms with Gasteiger partial charge in [-0.15, -0.1) is 0 Å². The van der Waals surface area contributed by atoms with Crippen LogP contribution in [0.5, 0.6) is 0 Å². The van der Waals surface area contributed by atoms with Gasteiger partial charge in [-0.2, -0.15) is 0 Å². The van der Waals surface area contributed by atoms with E-state index in [1.54, 1.807) is 12.8 Å². The lowest BCUT2D eigenvalue weighted by molar-refractivity contribution is 0.197. The van der Waals surface area contributed by atoms with Crippen molar-refractivity contribution in [2.45, 2.75) is 32.1 Å². The van der Waals surface area contributed by atoms with E-state index in [2.05, 4.69) is 12.2 Å². The Morgan fingerprint density at radius 3 is 2.27 bits per heavy atom. The molecule has 11 heavy (non-hydrogen) atoms. The summed E-state index contributed by atoms with van der Waals surface area (Å²) in [6, 6.07) is 0. The van der Waals surface area contributed by atoms with Crippen LogP contribution in [0.3, 0.4) is 0 Å². The van der Waals surface area contributed by atoms with Crippen molar-refractivity contribution in [3.63, 3.8) is 0 Å². The molecule has 0 heteroatoms. The molecule has 0 aliphatic heterocycles. The van der Waals surface area contributed by atoms with E-state index in [4.69, 9.17) is 0 Å². The maximum atomic E-state index is 2.51. The highest BCUT2D eigenvalue weighted by Gasteiger charge is 2.40. The van der Waals surface area contributed by atoms with Gasteiger partial charge in [0.15, 0.2) is 0 Å². The van der Waals surface area contributed by atoms with Crippen molar-refractivity contribution in [1.82, 2.24) is 0 Å². The van der Waals surface area contributed by atoms with E-state index < -0.39 is 0 Å². The lowest BCUT2D eigenvalue weighted by Gasteiger charge is -2.38. The van der Waals surface area contributed by atoms with Crippen LogP contribution in [0.25, 0.3) is 0 Å². The summed E-state index contributed by atoms with van der Waals surface area (Å²) in [6.45, 7) is 0. The predicted molar refractivity (Wildman–Crippen MR) is 46.2 cm³/mol. The average Bonchev–Trinajstić information content (AvgIpc) is 2.89. The van der Waals surface area contributed by atoms with Crippen molar-refractivity contribution in [3.05, 3.63) is 12.2 Å². The fourth-order valence-electron chi connectivity index (χ4n) is 3.04. The van der Waals surface area contributed by atoms with Gasteiger partial charge in [0.25, 0.3) is 0 Å². The molecule has 3 atom stereocenters. The average molecular weight is 148 g/mol. The summed E-state index contributed by atoms with van der Waals surface area (Å²) >= 11 is 0. The molecule has 2 saturated carbocycles. The van der Waals surface area contributed by atoms with E-state index in [1.807, 2.05) is 0 Å². The predicted octanol–water partition coefficient (Wildman–Crippen LogP) is 3.00. The second-order valence-electron chi connectivity index (χ2n) is 4.62. The molecule has 4 rings (SSSR count). The zero-order chi connectivity index (χ0) is 7.26. The minimum absolute atomic E-state index is 0.977. The third-order valence-corrected chi connectivity index (χ3v) is 3.85. The summed E-state index contributed by atoms with van der Waals surface area (Å²) in [6.07, 6.45) is 12.6. The SMILES string of the molecule is C1=C[C@H]2CC[C@@H]1C[C@H]2C1CC1. The van der Waals surface area contributed by atoms with Crippen LogP contribution >= 0.6 is 0 Å². The van der Waals surface area contributed by atoms with Crippen molar-refractivity contribution >= 4 is 0 Å². The molecular formula is C11H16. The molecule has 4 aliphatic rings. The molecule has 0 heterocycles. The fourth-order valence-corrected chi connectivity index (χ4v) is 3.04. The lowest BCUT2D eigenvalue weighted by Crippen LogP contribution is -2.28. The molecule has 0 aromatic heterocycles. The van der Waals surface area contributed by atoms with E-state index in [0.717, 1.165) is 23.7 Å². The van der Waals surface area contributed by atoms with Gasteiger partial charge in [-0.3, -0.25) is 0 Å². The van der Waals surface area contributed by atoms with E-state index in [-0.39, 0.29) is 0 Å². The Balaban J connectivity index is 1.82. The minimum Gasteiger partial charge on any atom is -0.0851 e. The molecule has 0 spiro atoms. The zero-order valence-corrected chi connectivity index (χ0v) is 7.00. The second-order valence-corrected chi connectivity index (χ2v) is 4.62. The van der Waals surface area contributed by atoms with Crippen LogP contribution in [0, 0.1) is 23.7 Å². The minimum atomic E-state index is 0.977.